The van der Waals surface area contributed by atoms with Crippen LogP contribution in [0.4, 0.5) is 5.82 Å². The average molecular weight is 228 g/mol. The Balaban J connectivity index is 2.38. The van der Waals surface area contributed by atoms with Gasteiger partial charge in [0, 0.05) is 11.8 Å². The first-order valence-corrected chi connectivity index (χ1v) is 5.34. The smallest absolute Gasteiger partial charge is 0.129 e. The molecule has 1 aliphatic heterocycles. The summed E-state index contributed by atoms with van der Waals surface area (Å²) in [6.45, 7) is 1.56. The zero-order valence-electron chi connectivity index (χ0n) is 8.33. The lowest BCUT2D eigenvalue weighted by Crippen LogP contribution is -2.40. The van der Waals surface area contributed by atoms with Crippen LogP contribution in [-0.2, 0) is 5.60 Å². The molecule has 4 nitrogen and oxygen atoms in total. The van der Waals surface area contributed by atoms with Crippen molar-refractivity contribution in [3.05, 3.63) is 22.8 Å². The van der Waals surface area contributed by atoms with Crippen LogP contribution in [0.2, 0.25) is 5.02 Å². The SMILES string of the molecule is Nc1ncc(Cl)cc1C1(O)CCNCC1. The van der Waals surface area contributed by atoms with Crippen molar-refractivity contribution < 1.29 is 5.11 Å². The molecule has 0 saturated carbocycles. The summed E-state index contributed by atoms with van der Waals surface area (Å²) in [5.41, 5.74) is 5.52. The van der Waals surface area contributed by atoms with Crippen molar-refractivity contribution in [3.8, 4) is 0 Å². The molecule has 0 radical (unpaired) electrons. The zero-order chi connectivity index (χ0) is 10.9. The van der Waals surface area contributed by atoms with E-state index in [4.69, 9.17) is 17.3 Å². The maximum absolute atomic E-state index is 10.4. The summed E-state index contributed by atoms with van der Waals surface area (Å²) in [5, 5.41) is 14.1. The summed E-state index contributed by atoms with van der Waals surface area (Å²) in [6.07, 6.45) is 2.77. The van der Waals surface area contributed by atoms with Gasteiger partial charge in [-0.1, -0.05) is 11.6 Å². The molecule has 0 bridgehead atoms. The van der Waals surface area contributed by atoms with Crippen LogP contribution in [0.1, 0.15) is 18.4 Å². The summed E-state index contributed by atoms with van der Waals surface area (Å²) < 4.78 is 0. The number of aromatic nitrogens is 1. The van der Waals surface area contributed by atoms with Crippen molar-refractivity contribution in [3.63, 3.8) is 0 Å². The number of nitrogens with zero attached hydrogens (tertiary/aromatic N) is 1. The van der Waals surface area contributed by atoms with E-state index in [1.807, 2.05) is 0 Å². The Kier molecular flexibility index (Phi) is 2.82. The van der Waals surface area contributed by atoms with Crippen molar-refractivity contribution in [2.75, 3.05) is 18.8 Å². The molecular formula is C10H14ClN3O. The summed E-state index contributed by atoms with van der Waals surface area (Å²) in [5.74, 6) is 0.365. The van der Waals surface area contributed by atoms with Crippen LogP contribution in [0.15, 0.2) is 12.3 Å². The average Bonchev–Trinajstić information content (AvgIpc) is 2.23. The number of nitrogen functional groups attached to an aromatic ring is 1. The quantitative estimate of drug-likeness (QED) is 0.667. The minimum Gasteiger partial charge on any atom is -0.385 e. The van der Waals surface area contributed by atoms with E-state index in [9.17, 15) is 5.11 Å². The Labute approximate surface area is 93.5 Å². The third kappa shape index (κ3) is 2.07. The number of anilines is 1. The third-order valence-corrected chi connectivity index (χ3v) is 3.02. The van der Waals surface area contributed by atoms with Crippen LogP contribution in [-0.4, -0.2) is 23.2 Å². The molecule has 1 saturated heterocycles. The molecule has 1 fully saturated rings. The largest absolute Gasteiger partial charge is 0.385 e. The standard InChI is InChI=1S/C10H14ClN3O/c11-7-5-8(9(12)14-6-7)10(15)1-3-13-4-2-10/h5-6,13,15H,1-4H2,(H2,12,14). The highest BCUT2D eigenvalue weighted by Crippen LogP contribution is 2.34. The molecule has 0 spiro atoms. The van der Waals surface area contributed by atoms with Gasteiger partial charge in [-0.25, -0.2) is 4.98 Å². The van der Waals surface area contributed by atoms with Crippen molar-refractivity contribution >= 4 is 17.4 Å². The zero-order valence-corrected chi connectivity index (χ0v) is 9.09. The Hall–Kier alpha value is -0.840. The first-order valence-electron chi connectivity index (χ1n) is 4.96. The lowest BCUT2D eigenvalue weighted by molar-refractivity contribution is 0.00642. The van der Waals surface area contributed by atoms with Gasteiger partial charge < -0.3 is 16.2 Å². The number of halogens is 1. The topological polar surface area (TPSA) is 71.2 Å². The number of pyridine rings is 1. The van der Waals surface area contributed by atoms with Crippen LogP contribution in [0.3, 0.4) is 0 Å². The number of aliphatic hydroxyl groups is 1. The number of nitrogens with one attached hydrogen (secondary N) is 1. The maximum atomic E-state index is 10.4. The molecule has 0 unspecified atom stereocenters. The van der Waals surface area contributed by atoms with Gasteiger partial charge in [0.25, 0.3) is 0 Å². The molecule has 1 aliphatic rings. The van der Waals surface area contributed by atoms with Crippen molar-refractivity contribution in [1.29, 1.82) is 0 Å². The second kappa shape index (κ2) is 3.96. The molecule has 1 aromatic rings. The molecule has 0 atom stereocenters. The highest BCUT2D eigenvalue weighted by molar-refractivity contribution is 6.30. The van der Waals surface area contributed by atoms with Crippen LogP contribution >= 0.6 is 11.6 Å². The number of hydrogen-bond acceptors (Lipinski definition) is 4. The Morgan fingerprint density at radius 1 is 1.47 bits per heavy atom. The molecule has 4 N–H and O–H groups in total. The fourth-order valence-electron chi connectivity index (χ4n) is 1.93. The summed E-state index contributed by atoms with van der Waals surface area (Å²) in [6, 6.07) is 1.70. The van der Waals surface area contributed by atoms with E-state index >= 15 is 0 Å². The predicted molar refractivity (Wildman–Crippen MR) is 59.7 cm³/mol. The van der Waals surface area contributed by atoms with Gasteiger partial charge in [-0.15, -0.1) is 0 Å². The summed E-state index contributed by atoms with van der Waals surface area (Å²) >= 11 is 5.85. The van der Waals surface area contributed by atoms with Crippen LogP contribution in [0.5, 0.6) is 0 Å². The van der Waals surface area contributed by atoms with Crippen molar-refractivity contribution in [2.45, 2.75) is 18.4 Å². The maximum Gasteiger partial charge on any atom is 0.129 e. The van der Waals surface area contributed by atoms with Gasteiger partial charge in [0.1, 0.15) is 5.82 Å². The van der Waals surface area contributed by atoms with Gasteiger partial charge in [-0.3, -0.25) is 0 Å². The van der Waals surface area contributed by atoms with Gasteiger partial charge in [-0.05, 0) is 32.0 Å². The van der Waals surface area contributed by atoms with Gasteiger partial charge in [0.15, 0.2) is 0 Å². The molecule has 82 valence electrons. The highest BCUT2D eigenvalue weighted by Gasteiger charge is 2.33. The molecule has 15 heavy (non-hydrogen) atoms. The van der Waals surface area contributed by atoms with E-state index in [1.54, 1.807) is 6.07 Å². The first-order chi connectivity index (χ1) is 7.12. The van der Waals surface area contributed by atoms with Crippen molar-refractivity contribution in [1.82, 2.24) is 10.3 Å². The Bertz CT molecular complexity index is 364. The van der Waals surface area contributed by atoms with E-state index < -0.39 is 5.60 Å². The van der Waals surface area contributed by atoms with Crippen LogP contribution < -0.4 is 11.1 Å². The van der Waals surface area contributed by atoms with E-state index in [0.717, 1.165) is 13.1 Å². The molecule has 2 rings (SSSR count). The van der Waals surface area contributed by atoms with Crippen LogP contribution in [0.25, 0.3) is 0 Å². The lowest BCUT2D eigenvalue weighted by atomic mass is 9.85. The molecule has 5 heteroatoms. The number of hydrogen-bond donors (Lipinski definition) is 3. The molecule has 1 aromatic heterocycles. The molecule has 0 amide bonds. The number of nitrogens with two attached hydrogens (primary N) is 1. The minimum absolute atomic E-state index is 0.365. The summed E-state index contributed by atoms with van der Waals surface area (Å²) in [4.78, 5) is 3.96. The van der Waals surface area contributed by atoms with E-state index in [-0.39, 0.29) is 0 Å². The van der Waals surface area contributed by atoms with Gasteiger partial charge in [0.2, 0.25) is 0 Å². The van der Waals surface area contributed by atoms with Gasteiger partial charge in [-0.2, -0.15) is 0 Å². The third-order valence-electron chi connectivity index (χ3n) is 2.82. The van der Waals surface area contributed by atoms with Crippen molar-refractivity contribution in [2.24, 2.45) is 0 Å². The second-order valence-corrected chi connectivity index (χ2v) is 4.30. The Morgan fingerprint density at radius 3 is 2.80 bits per heavy atom. The predicted octanol–water partition coefficient (Wildman–Crippen LogP) is 0.888. The lowest BCUT2D eigenvalue weighted by Gasteiger charge is -2.33. The highest BCUT2D eigenvalue weighted by atomic mass is 35.5. The van der Waals surface area contributed by atoms with Gasteiger partial charge in [0.05, 0.1) is 10.6 Å². The normalized spacial score (nSPS) is 20.1. The Morgan fingerprint density at radius 2 is 2.13 bits per heavy atom. The summed E-state index contributed by atoms with van der Waals surface area (Å²) in [7, 11) is 0. The molecule has 2 heterocycles. The molecule has 0 aromatic carbocycles. The van der Waals surface area contributed by atoms with E-state index in [2.05, 4.69) is 10.3 Å². The first kappa shape index (κ1) is 10.7. The molecular weight excluding hydrogens is 214 g/mol. The minimum atomic E-state index is -0.882. The van der Waals surface area contributed by atoms with Gasteiger partial charge >= 0.3 is 0 Å². The molecule has 0 aliphatic carbocycles. The fraction of sp³-hybridized carbons (Fsp3) is 0.500. The van der Waals surface area contributed by atoms with E-state index in [0.29, 0.717) is 29.2 Å². The second-order valence-electron chi connectivity index (χ2n) is 3.87. The number of piperidine rings is 1. The van der Waals surface area contributed by atoms with Crippen LogP contribution in [0, 0.1) is 0 Å². The monoisotopic (exact) mass is 227 g/mol. The van der Waals surface area contributed by atoms with E-state index in [1.165, 1.54) is 6.20 Å². The number of rotatable bonds is 1. The fourth-order valence-corrected chi connectivity index (χ4v) is 2.09.